The molecule has 0 heterocycles. The van der Waals surface area contributed by atoms with Gasteiger partial charge in [0.2, 0.25) is 5.91 Å². The van der Waals surface area contributed by atoms with Crippen LogP contribution in [-0.4, -0.2) is 11.0 Å². The molecule has 0 fully saturated rings. The molecule has 0 bridgehead atoms. The second-order valence-corrected chi connectivity index (χ2v) is 4.61. The average Bonchev–Trinajstić information content (AvgIpc) is 2.40. The molecule has 0 aliphatic rings. The first kappa shape index (κ1) is 15.0. The Morgan fingerprint density at radius 1 is 1.19 bits per heavy atom. The number of aliphatic hydroxyl groups is 1. The second-order valence-electron chi connectivity index (χ2n) is 4.61. The number of amides is 1. The molecule has 0 unspecified atom stereocenters. The molecule has 2 rings (SSSR count). The molecule has 0 saturated carbocycles. The maximum Gasteiger partial charge on any atom is 0.221 e. The van der Waals surface area contributed by atoms with Gasteiger partial charge in [-0.3, -0.25) is 4.79 Å². The molecule has 0 saturated heterocycles. The average molecular weight is 289 g/mol. The highest BCUT2D eigenvalue weighted by Crippen LogP contribution is 2.34. The minimum absolute atomic E-state index is 0.0788. The number of para-hydroxylation sites is 2. The van der Waals surface area contributed by atoms with E-state index in [0.717, 1.165) is 0 Å². The minimum Gasteiger partial charge on any atom is -0.455 e. The van der Waals surface area contributed by atoms with Crippen LogP contribution in [0.3, 0.4) is 0 Å². The van der Waals surface area contributed by atoms with Crippen LogP contribution in [0.25, 0.3) is 0 Å². The Bertz CT molecular complexity index is 656. The molecule has 0 radical (unpaired) electrons. The number of rotatable bonds is 4. The minimum atomic E-state index is -1.01. The molecular formula is C16H16FNO3. The van der Waals surface area contributed by atoms with Crippen LogP contribution < -0.4 is 10.1 Å². The summed E-state index contributed by atoms with van der Waals surface area (Å²) in [6.45, 7) is 2.85. The molecular weight excluding hydrogens is 273 g/mol. The van der Waals surface area contributed by atoms with Gasteiger partial charge in [0.05, 0.1) is 17.4 Å². The van der Waals surface area contributed by atoms with Crippen LogP contribution >= 0.6 is 0 Å². The quantitative estimate of drug-likeness (QED) is 0.903. The monoisotopic (exact) mass is 289 g/mol. The van der Waals surface area contributed by atoms with Gasteiger partial charge < -0.3 is 15.2 Å². The molecule has 2 N–H and O–H groups in total. The summed E-state index contributed by atoms with van der Waals surface area (Å²) in [4.78, 5) is 11.2. The van der Waals surface area contributed by atoms with Crippen LogP contribution in [0.15, 0.2) is 42.5 Å². The first-order valence-corrected chi connectivity index (χ1v) is 6.50. The molecule has 0 spiro atoms. The molecule has 1 atom stereocenters. The molecule has 2 aromatic rings. The summed E-state index contributed by atoms with van der Waals surface area (Å²) >= 11 is 0. The van der Waals surface area contributed by atoms with Gasteiger partial charge in [-0.25, -0.2) is 4.39 Å². The zero-order valence-electron chi connectivity index (χ0n) is 11.8. The maximum atomic E-state index is 13.8. The van der Waals surface area contributed by atoms with Gasteiger partial charge in [-0.1, -0.05) is 18.2 Å². The molecule has 1 amide bonds. The third kappa shape index (κ3) is 3.58. The summed E-state index contributed by atoms with van der Waals surface area (Å²) in [5.41, 5.74) is 0.556. The fourth-order valence-corrected chi connectivity index (χ4v) is 1.98. The largest absolute Gasteiger partial charge is 0.455 e. The number of hydrogen-bond donors (Lipinski definition) is 2. The summed E-state index contributed by atoms with van der Waals surface area (Å²) in [5.74, 6) is -0.191. The van der Waals surface area contributed by atoms with Crippen LogP contribution in [0.1, 0.15) is 25.5 Å². The third-order valence-electron chi connectivity index (χ3n) is 2.85. The highest BCUT2D eigenvalue weighted by molar-refractivity contribution is 5.90. The Morgan fingerprint density at radius 2 is 1.86 bits per heavy atom. The number of aliphatic hydroxyl groups excluding tert-OH is 1. The second kappa shape index (κ2) is 6.37. The van der Waals surface area contributed by atoms with E-state index in [4.69, 9.17) is 4.74 Å². The SMILES string of the molecule is CC(=O)Nc1ccccc1Oc1cccc(F)c1[C@@H](C)O. The fourth-order valence-electron chi connectivity index (χ4n) is 1.98. The number of benzene rings is 2. The van der Waals surface area contributed by atoms with E-state index in [0.29, 0.717) is 11.4 Å². The van der Waals surface area contributed by atoms with Crippen LogP contribution in [0.5, 0.6) is 11.5 Å². The molecule has 0 aliphatic heterocycles. The van der Waals surface area contributed by atoms with Crippen molar-refractivity contribution in [3.8, 4) is 11.5 Å². The molecule has 21 heavy (non-hydrogen) atoms. The normalized spacial score (nSPS) is 11.8. The lowest BCUT2D eigenvalue weighted by atomic mass is 10.1. The molecule has 110 valence electrons. The molecule has 5 heteroatoms. The number of anilines is 1. The van der Waals surface area contributed by atoms with E-state index in [-0.39, 0.29) is 17.2 Å². The number of carbonyl (C=O) groups excluding carboxylic acids is 1. The number of carbonyl (C=O) groups is 1. The molecule has 4 nitrogen and oxygen atoms in total. The Balaban J connectivity index is 2.39. The predicted molar refractivity (Wildman–Crippen MR) is 77.9 cm³/mol. The molecule has 2 aromatic carbocycles. The number of hydrogen-bond acceptors (Lipinski definition) is 3. The van der Waals surface area contributed by atoms with Gasteiger partial charge in [0.25, 0.3) is 0 Å². The van der Waals surface area contributed by atoms with Gasteiger partial charge in [0.15, 0.2) is 5.75 Å². The number of nitrogens with one attached hydrogen (secondary N) is 1. The van der Waals surface area contributed by atoms with Crippen molar-refractivity contribution in [1.29, 1.82) is 0 Å². The molecule has 0 aromatic heterocycles. The maximum absolute atomic E-state index is 13.8. The first-order chi connectivity index (χ1) is 9.99. The van der Waals surface area contributed by atoms with E-state index >= 15 is 0 Å². The van der Waals surface area contributed by atoms with E-state index in [1.54, 1.807) is 30.3 Å². The van der Waals surface area contributed by atoms with Crippen LogP contribution in [0, 0.1) is 5.82 Å². The van der Waals surface area contributed by atoms with Gasteiger partial charge in [-0.15, -0.1) is 0 Å². The zero-order chi connectivity index (χ0) is 15.4. The summed E-state index contributed by atoms with van der Waals surface area (Å²) < 4.78 is 19.5. The topological polar surface area (TPSA) is 58.6 Å². The van der Waals surface area contributed by atoms with Gasteiger partial charge in [0, 0.05) is 6.92 Å². The zero-order valence-corrected chi connectivity index (χ0v) is 11.8. The Kier molecular flexibility index (Phi) is 4.55. The van der Waals surface area contributed by atoms with Crippen molar-refractivity contribution >= 4 is 11.6 Å². The summed E-state index contributed by atoms with van der Waals surface area (Å²) in [6.07, 6.45) is -1.01. The summed E-state index contributed by atoms with van der Waals surface area (Å²) in [5, 5.41) is 12.3. The van der Waals surface area contributed by atoms with Crippen molar-refractivity contribution in [2.45, 2.75) is 20.0 Å². The van der Waals surface area contributed by atoms with Crippen molar-refractivity contribution in [2.24, 2.45) is 0 Å². The van der Waals surface area contributed by atoms with Crippen molar-refractivity contribution < 1.29 is 19.0 Å². The van der Waals surface area contributed by atoms with Crippen LogP contribution in [0.4, 0.5) is 10.1 Å². The van der Waals surface area contributed by atoms with Gasteiger partial charge >= 0.3 is 0 Å². The van der Waals surface area contributed by atoms with Crippen LogP contribution in [-0.2, 0) is 4.79 Å². The number of halogens is 1. The lowest BCUT2D eigenvalue weighted by Crippen LogP contribution is -2.07. The van der Waals surface area contributed by atoms with E-state index in [1.807, 2.05) is 0 Å². The fraction of sp³-hybridized carbons (Fsp3) is 0.188. The van der Waals surface area contributed by atoms with Gasteiger partial charge in [0.1, 0.15) is 11.6 Å². The van der Waals surface area contributed by atoms with Crippen molar-refractivity contribution in [2.75, 3.05) is 5.32 Å². The lowest BCUT2D eigenvalue weighted by molar-refractivity contribution is -0.114. The summed E-state index contributed by atoms with van der Waals surface area (Å²) in [7, 11) is 0. The summed E-state index contributed by atoms with van der Waals surface area (Å²) in [6, 6.07) is 11.1. The van der Waals surface area contributed by atoms with Crippen LogP contribution in [0.2, 0.25) is 0 Å². The highest BCUT2D eigenvalue weighted by atomic mass is 19.1. The van der Waals surface area contributed by atoms with Crippen molar-refractivity contribution in [3.05, 3.63) is 53.8 Å². The van der Waals surface area contributed by atoms with E-state index in [2.05, 4.69) is 5.32 Å². The van der Waals surface area contributed by atoms with Crippen molar-refractivity contribution in [1.82, 2.24) is 0 Å². The van der Waals surface area contributed by atoms with E-state index in [1.165, 1.54) is 26.0 Å². The standard InChI is InChI=1S/C16H16FNO3/c1-10(19)16-12(17)6-5-9-15(16)21-14-8-4-3-7-13(14)18-11(2)20/h3-10,19H,1-2H3,(H,18,20)/t10-/m1/s1. The van der Waals surface area contributed by atoms with E-state index < -0.39 is 11.9 Å². The Morgan fingerprint density at radius 3 is 2.52 bits per heavy atom. The number of ether oxygens (including phenoxy) is 1. The smallest absolute Gasteiger partial charge is 0.221 e. The van der Waals surface area contributed by atoms with Crippen molar-refractivity contribution in [3.63, 3.8) is 0 Å². The van der Waals surface area contributed by atoms with Gasteiger partial charge in [-0.2, -0.15) is 0 Å². The highest BCUT2D eigenvalue weighted by Gasteiger charge is 2.16. The predicted octanol–water partition coefficient (Wildman–Crippen LogP) is 3.63. The van der Waals surface area contributed by atoms with Gasteiger partial charge in [-0.05, 0) is 31.2 Å². The Labute approximate surface area is 122 Å². The lowest BCUT2D eigenvalue weighted by Gasteiger charge is -2.16. The molecule has 0 aliphatic carbocycles. The third-order valence-corrected chi connectivity index (χ3v) is 2.85. The first-order valence-electron chi connectivity index (χ1n) is 6.50. The Hall–Kier alpha value is -2.40. The van der Waals surface area contributed by atoms with E-state index in [9.17, 15) is 14.3 Å².